The van der Waals surface area contributed by atoms with Crippen LogP contribution >= 0.6 is 0 Å². The molecule has 1 saturated carbocycles. The van der Waals surface area contributed by atoms with E-state index in [1.165, 1.54) is 19.8 Å². The average molecular weight is 200 g/mol. The van der Waals surface area contributed by atoms with Crippen molar-refractivity contribution >= 4 is 12.0 Å². The molecule has 0 radical (unpaired) electrons. The van der Waals surface area contributed by atoms with Gasteiger partial charge in [0.05, 0.1) is 0 Å². The predicted octanol–water partition coefficient (Wildman–Crippen LogP) is 0.559. The van der Waals surface area contributed by atoms with E-state index in [0.29, 0.717) is 6.54 Å². The summed E-state index contributed by atoms with van der Waals surface area (Å²) in [4.78, 5) is 21.5. The van der Waals surface area contributed by atoms with Crippen molar-refractivity contribution in [1.29, 1.82) is 0 Å². The first-order valence-corrected chi connectivity index (χ1v) is 4.86. The second-order valence-electron chi connectivity index (χ2n) is 3.69. The minimum absolute atomic E-state index is 0.256. The van der Waals surface area contributed by atoms with Gasteiger partial charge in [0.2, 0.25) is 5.91 Å². The van der Waals surface area contributed by atoms with Crippen molar-refractivity contribution in [2.75, 3.05) is 6.54 Å². The van der Waals surface area contributed by atoms with Crippen molar-refractivity contribution < 1.29 is 14.7 Å². The van der Waals surface area contributed by atoms with Gasteiger partial charge in [-0.3, -0.25) is 4.79 Å². The summed E-state index contributed by atoms with van der Waals surface area (Å²) >= 11 is 0. The van der Waals surface area contributed by atoms with Gasteiger partial charge in [-0.15, -0.1) is 0 Å². The fraction of sp³-hybridized carbons (Fsp3) is 0.778. The Morgan fingerprint density at radius 3 is 2.64 bits per heavy atom. The molecule has 3 N–H and O–H groups in total. The van der Waals surface area contributed by atoms with Gasteiger partial charge in [0.15, 0.2) is 0 Å². The Morgan fingerprint density at radius 1 is 1.50 bits per heavy atom. The molecule has 0 aromatic carbocycles. The Bertz CT molecular complexity index is 226. The number of carbonyl (C=O) groups is 2. The molecule has 1 aliphatic carbocycles. The molecule has 0 bridgehead atoms. The first-order chi connectivity index (χ1) is 6.59. The van der Waals surface area contributed by atoms with Crippen LogP contribution in [0.2, 0.25) is 0 Å². The molecule has 1 rings (SSSR count). The highest BCUT2D eigenvalue weighted by molar-refractivity contribution is 5.84. The summed E-state index contributed by atoms with van der Waals surface area (Å²) < 4.78 is 0. The molecule has 0 aromatic heterocycles. The number of amides is 2. The van der Waals surface area contributed by atoms with Gasteiger partial charge in [-0.05, 0) is 19.3 Å². The number of carboxylic acid groups (broad SMARTS) is 1. The molecule has 5 heteroatoms. The first-order valence-electron chi connectivity index (χ1n) is 4.86. The van der Waals surface area contributed by atoms with E-state index in [1.807, 2.05) is 0 Å². The summed E-state index contributed by atoms with van der Waals surface area (Å²) in [7, 11) is 0. The van der Waals surface area contributed by atoms with E-state index in [-0.39, 0.29) is 5.91 Å². The molecule has 0 saturated heterocycles. The minimum atomic E-state index is -1.17. The Balaban J connectivity index is 2.08. The fourth-order valence-electron chi connectivity index (χ4n) is 1.21. The highest BCUT2D eigenvalue weighted by atomic mass is 16.4. The zero-order valence-electron chi connectivity index (χ0n) is 8.25. The van der Waals surface area contributed by atoms with Gasteiger partial charge in [0, 0.05) is 6.54 Å². The van der Waals surface area contributed by atoms with Gasteiger partial charge < -0.3 is 15.7 Å². The standard InChI is InChI=1S/C9H16N2O3/c1-6(11-9(13)14)8(12)10-5-4-7-2-3-7/h6-7,11H,2-5H2,1H3,(H,10,12)(H,13,14). The second-order valence-corrected chi connectivity index (χ2v) is 3.69. The average Bonchev–Trinajstić information content (AvgIpc) is 2.86. The molecule has 0 aliphatic heterocycles. The van der Waals surface area contributed by atoms with E-state index >= 15 is 0 Å². The van der Waals surface area contributed by atoms with Crippen LogP contribution < -0.4 is 10.6 Å². The third-order valence-electron chi connectivity index (χ3n) is 2.28. The molecule has 5 nitrogen and oxygen atoms in total. The van der Waals surface area contributed by atoms with Crippen LogP contribution in [-0.4, -0.2) is 29.7 Å². The van der Waals surface area contributed by atoms with E-state index in [1.54, 1.807) is 0 Å². The van der Waals surface area contributed by atoms with Crippen molar-refractivity contribution in [3.63, 3.8) is 0 Å². The van der Waals surface area contributed by atoms with E-state index in [4.69, 9.17) is 5.11 Å². The largest absolute Gasteiger partial charge is 0.465 e. The Hall–Kier alpha value is -1.26. The van der Waals surface area contributed by atoms with Gasteiger partial charge in [0.25, 0.3) is 0 Å². The van der Waals surface area contributed by atoms with Gasteiger partial charge in [-0.25, -0.2) is 4.79 Å². The Kier molecular flexibility index (Phi) is 3.73. The van der Waals surface area contributed by atoms with Crippen LogP contribution in [0.15, 0.2) is 0 Å². The fourth-order valence-corrected chi connectivity index (χ4v) is 1.21. The predicted molar refractivity (Wildman–Crippen MR) is 51.0 cm³/mol. The third kappa shape index (κ3) is 4.11. The van der Waals surface area contributed by atoms with Crippen LogP contribution in [0.4, 0.5) is 4.79 Å². The van der Waals surface area contributed by atoms with E-state index in [2.05, 4.69) is 10.6 Å². The molecular weight excluding hydrogens is 184 g/mol. The first kappa shape index (κ1) is 10.8. The molecule has 80 valence electrons. The molecule has 1 aliphatic rings. The van der Waals surface area contributed by atoms with Crippen LogP contribution in [0.5, 0.6) is 0 Å². The second kappa shape index (κ2) is 4.83. The zero-order chi connectivity index (χ0) is 10.6. The van der Waals surface area contributed by atoms with Crippen LogP contribution in [-0.2, 0) is 4.79 Å². The molecule has 1 fully saturated rings. The highest BCUT2D eigenvalue weighted by Gasteiger charge is 2.21. The molecule has 2 amide bonds. The number of nitrogens with one attached hydrogen (secondary N) is 2. The molecule has 0 heterocycles. The molecular formula is C9H16N2O3. The van der Waals surface area contributed by atoms with Gasteiger partial charge in [0.1, 0.15) is 6.04 Å². The number of hydrogen-bond donors (Lipinski definition) is 3. The summed E-state index contributed by atoms with van der Waals surface area (Å²) in [6, 6.07) is -0.674. The highest BCUT2D eigenvalue weighted by Crippen LogP contribution is 2.31. The number of rotatable bonds is 5. The molecule has 14 heavy (non-hydrogen) atoms. The molecule has 0 spiro atoms. The van der Waals surface area contributed by atoms with Crippen molar-refractivity contribution in [2.24, 2.45) is 5.92 Å². The topological polar surface area (TPSA) is 78.4 Å². The lowest BCUT2D eigenvalue weighted by atomic mass is 10.2. The maximum Gasteiger partial charge on any atom is 0.405 e. The molecule has 1 unspecified atom stereocenters. The number of hydrogen-bond acceptors (Lipinski definition) is 2. The SMILES string of the molecule is CC(NC(=O)O)C(=O)NCCC1CC1. The van der Waals surface area contributed by atoms with Crippen molar-refractivity contribution in [3.05, 3.63) is 0 Å². The van der Waals surface area contributed by atoms with Crippen LogP contribution in [0.1, 0.15) is 26.2 Å². The minimum Gasteiger partial charge on any atom is -0.465 e. The van der Waals surface area contributed by atoms with Crippen LogP contribution in [0.3, 0.4) is 0 Å². The van der Waals surface area contributed by atoms with Gasteiger partial charge in [-0.2, -0.15) is 0 Å². The van der Waals surface area contributed by atoms with E-state index in [0.717, 1.165) is 12.3 Å². The maximum absolute atomic E-state index is 11.2. The van der Waals surface area contributed by atoms with E-state index < -0.39 is 12.1 Å². The lowest BCUT2D eigenvalue weighted by molar-refractivity contribution is -0.122. The maximum atomic E-state index is 11.2. The van der Waals surface area contributed by atoms with Crippen molar-refractivity contribution in [3.8, 4) is 0 Å². The zero-order valence-corrected chi connectivity index (χ0v) is 8.25. The Labute approximate surface area is 82.9 Å². The van der Waals surface area contributed by atoms with E-state index in [9.17, 15) is 9.59 Å². The summed E-state index contributed by atoms with van der Waals surface area (Å²) in [5.74, 6) is 0.520. The van der Waals surface area contributed by atoms with Gasteiger partial charge in [-0.1, -0.05) is 12.8 Å². The quantitative estimate of drug-likeness (QED) is 0.606. The third-order valence-corrected chi connectivity index (χ3v) is 2.28. The number of carbonyl (C=O) groups excluding carboxylic acids is 1. The molecule has 1 atom stereocenters. The monoisotopic (exact) mass is 200 g/mol. The Morgan fingerprint density at radius 2 is 2.14 bits per heavy atom. The summed E-state index contributed by atoms with van der Waals surface area (Å²) in [5, 5.41) is 13.2. The van der Waals surface area contributed by atoms with Crippen molar-refractivity contribution in [1.82, 2.24) is 10.6 Å². The van der Waals surface area contributed by atoms with Crippen LogP contribution in [0.25, 0.3) is 0 Å². The normalized spacial score (nSPS) is 17.2. The summed E-state index contributed by atoms with van der Waals surface area (Å²) in [6.45, 7) is 2.18. The smallest absolute Gasteiger partial charge is 0.405 e. The summed E-state index contributed by atoms with van der Waals surface area (Å²) in [6.07, 6.45) is 2.36. The lowest BCUT2D eigenvalue weighted by Crippen LogP contribution is -2.44. The van der Waals surface area contributed by atoms with Gasteiger partial charge >= 0.3 is 6.09 Å². The van der Waals surface area contributed by atoms with Crippen molar-refractivity contribution in [2.45, 2.75) is 32.2 Å². The van der Waals surface area contributed by atoms with Crippen LogP contribution in [0, 0.1) is 5.92 Å². The summed E-state index contributed by atoms with van der Waals surface area (Å²) in [5.41, 5.74) is 0. The lowest BCUT2D eigenvalue weighted by Gasteiger charge is -2.11. The molecule has 0 aromatic rings.